The molecule has 0 amide bonds. The van der Waals surface area contributed by atoms with E-state index in [1.54, 1.807) is 0 Å². The first-order chi connectivity index (χ1) is 15.5. The van der Waals surface area contributed by atoms with E-state index in [1.807, 2.05) is 0 Å². The Kier molecular flexibility index (Phi) is 6.75. The molecule has 0 aromatic carbocycles. The van der Waals surface area contributed by atoms with Gasteiger partial charge in [-0.05, 0) is 73.0 Å². The van der Waals surface area contributed by atoms with Gasteiger partial charge in [-0.2, -0.15) is 0 Å². The third-order valence-electron chi connectivity index (χ3n) is 9.27. The Morgan fingerprint density at radius 1 is 0.788 bits per heavy atom. The van der Waals surface area contributed by atoms with Gasteiger partial charge < -0.3 is 4.74 Å². The van der Waals surface area contributed by atoms with Crippen molar-refractivity contribution >= 4 is 11.6 Å². The Bertz CT molecular complexity index is 839. The van der Waals surface area contributed by atoms with Crippen molar-refractivity contribution in [3.8, 4) is 0 Å². The summed E-state index contributed by atoms with van der Waals surface area (Å²) >= 11 is 0. The molecule has 4 aliphatic carbocycles. The van der Waals surface area contributed by atoms with Crippen molar-refractivity contribution < 1.29 is 14.3 Å². The van der Waals surface area contributed by atoms with E-state index in [-0.39, 0.29) is 35.6 Å². The number of hydrogen-bond donors (Lipinski definition) is 0. The predicted molar refractivity (Wildman–Crippen MR) is 134 cm³/mol. The summed E-state index contributed by atoms with van der Waals surface area (Å²) in [6, 6.07) is 0. The lowest BCUT2D eigenvalue weighted by atomic mass is 9.52. The van der Waals surface area contributed by atoms with Gasteiger partial charge in [0.25, 0.3) is 0 Å². The van der Waals surface area contributed by atoms with E-state index in [9.17, 15) is 9.59 Å². The summed E-state index contributed by atoms with van der Waals surface area (Å²) < 4.78 is 6.02. The molecule has 4 aliphatic rings. The smallest absolute Gasteiger partial charge is 0.161 e. The fourth-order valence-corrected chi connectivity index (χ4v) is 6.86. The Balaban J connectivity index is 1.38. The highest BCUT2D eigenvalue weighted by Crippen LogP contribution is 2.57. The summed E-state index contributed by atoms with van der Waals surface area (Å²) in [6.07, 6.45) is 11.1. The molecule has 4 atom stereocenters. The fourth-order valence-electron chi connectivity index (χ4n) is 6.86. The molecule has 4 rings (SSSR count). The quantitative estimate of drug-likeness (QED) is 0.442. The summed E-state index contributed by atoms with van der Waals surface area (Å²) in [7, 11) is 0. The van der Waals surface area contributed by atoms with Crippen LogP contribution >= 0.6 is 0 Å². The molecule has 0 heterocycles. The van der Waals surface area contributed by atoms with Gasteiger partial charge in [0.2, 0.25) is 0 Å². The van der Waals surface area contributed by atoms with E-state index >= 15 is 0 Å². The molecule has 2 fully saturated rings. The molecule has 33 heavy (non-hydrogen) atoms. The van der Waals surface area contributed by atoms with Crippen LogP contribution in [0.4, 0.5) is 0 Å². The number of ketones is 2. The molecular weight excluding hydrogens is 408 g/mol. The molecule has 0 bridgehead atoms. The number of ether oxygens (including phenoxy) is 1. The van der Waals surface area contributed by atoms with Crippen LogP contribution in [-0.2, 0) is 14.3 Å². The Morgan fingerprint density at radius 3 is 1.55 bits per heavy atom. The number of rotatable bonds is 4. The number of carbonyl (C=O) groups is 2. The zero-order chi connectivity index (χ0) is 24.0. The summed E-state index contributed by atoms with van der Waals surface area (Å²) in [5.74, 6) is 2.13. The fraction of sp³-hybridized carbons (Fsp3) is 0.667. The Hall–Kier alpha value is -1.74. The van der Waals surface area contributed by atoms with Crippen molar-refractivity contribution in [3.05, 3.63) is 47.6 Å². The number of fused-ring (bicyclic) bond motifs is 2. The van der Waals surface area contributed by atoms with Crippen LogP contribution in [0.15, 0.2) is 47.6 Å². The van der Waals surface area contributed by atoms with Gasteiger partial charge in [-0.15, -0.1) is 0 Å². The molecule has 0 aromatic rings. The minimum atomic E-state index is 0.200. The van der Waals surface area contributed by atoms with Gasteiger partial charge >= 0.3 is 0 Å². The van der Waals surface area contributed by atoms with Crippen molar-refractivity contribution in [2.75, 3.05) is 13.2 Å². The van der Waals surface area contributed by atoms with Crippen molar-refractivity contribution in [1.29, 1.82) is 0 Å². The molecule has 2 saturated carbocycles. The summed E-state index contributed by atoms with van der Waals surface area (Å²) in [6.45, 7) is 18.3. The molecule has 0 spiro atoms. The second kappa shape index (κ2) is 9.13. The molecule has 3 nitrogen and oxygen atoms in total. The lowest BCUT2D eigenvalue weighted by Gasteiger charge is -2.52. The van der Waals surface area contributed by atoms with E-state index < -0.39 is 0 Å². The van der Waals surface area contributed by atoms with Crippen LogP contribution < -0.4 is 0 Å². The molecule has 0 unspecified atom stereocenters. The monoisotopic (exact) mass is 450 g/mol. The average Bonchev–Trinajstić information content (AvgIpc) is 2.82. The number of hydrogen-bond acceptors (Lipinski definition) is 3. The highest BCUT2D eigenvalue weighted by Gasteiger charge is 2.50. The topological polar surface area (TPSA) is 43.4 Å². The van der Waals surface area contributed by atoms with Crippen LogP contribution in [0.25, 0.3) is 0 Å². The SMILES string of the molecule is C=C1CC/C=C(/COC/C2=C/CCC(=C)[C@H]3CC(C)(C)[C@@H]3CC2=O)C(=O)C[C@@H]2[C@@H]1CC2(C)C. The molecule has 3 heteroatoms. The van der Waals surface area contributed by atoms with Gasteiger partial charge in [-0.1, -0.05) is 64.2 Å². The van der Waals surface area contributed by atoms with Crippen LogP contribution in [0.5, 0.6) is 0 Å². The maximum atomic E-state index is 13.1. The first kappa shape index (κ1) is 24.4. The van der Waals surface area contributed by atoms with Crippen LogP contribution in [0.1, 0.15) is 79.1 Å². The number of allylic oxidation sites excluding steroid dienone is 4. The Morgan fingerprint density at radius 2 is 1.18 bits per heavy atom. The van der Waals surface area contributed by atoms with Gasteiger partial charge in [0.1, 0.15) is 0 Å². The van der Waals surface area contributed by atoms with Crippen LogP contribution in [-0.4, -0.2) is 24.8 Å². The molecule has 180 valence electrons. The van der Waals surface area contributed by atoms with Gasteiger partial charge in [0, 0.05) is 24.0 Å². The standard InChI is InChI=1S/C30H42O3/c1-19-9-7-11-21(27(31)13-25-23(19)15-29(25,3)4)17-33-18-22-12-8-10-20(2)24-16-30(5,6)26(24)14-28(22)32/h11-12,23-26H,1-2,7-10,13-18H2,3-6H3/b21-11-,22-12-/t23-,24-,25-,26-/m1/s1. The normalized spacial score (nSPS) is 37.1. The zero-order valence-electron chi connectivity index (χ0n) is 21.2. The average molecular weight is 451 g/mol. The summed E-state index contributed by atoms with van der Waals surface area (Å²) in [4.78, 5) is 26.2. The van der Waals surface area contributed by atoms with Crippen molar-refractivity contribution in [1.82, 2.24) is 0 Å². The van der Waals surface area contributed by atoms with Crippen molar-refractivity contribution in [2.45, 2.75) is 79.1 Å². The first-order valence-electron chi connectivity index (χ1n) is 12.9. The summed E-state index contributed by atoms with van der Waals surface area (Å²) in [5.41, 5.74) is 4.54. The molecule has 0 N–H and O–H groups in total. The second-order valence-corrected chi connectivity index (χ2v) is 12.4. The number of carbonyl (C=O) groups excluding carboxylic acids is 2. The van der Waals surface area contributed by atoms with E-state index in [0.29, 0.717) is 36.5 Å². The molecule has 0 saturated heterocycles. The van der Waals surface area contributed by atoms with E-state index in [0.717, 1.165) is 49.7 Å². The maximum absolute atomic E-state index is 13.1. The third-order valence-corrected chi connectivity index (χ3v) is 9.27. The van der Waals surface area contributed by atoms with E-state index in [1.165, 1.54) is 11.1 Å². The van der Waals surface area contributed by atoms with Crippen molar-refractivity contribution in [3.63, 3.8) is 0 Å². The molecule has 0 aromatic heterocycles. The van der Waals surface area contributed by atoms with Gasteiger partial charge in [-0.25, -0.2) is 0 Å². The first-order valence-corrected chi connectivity index (χ1v) is 12.9. The Labute approximate surface area is 200 Å². The third kappa shape index (κ3) is 4.90. The minimum absolute atomic E-state index is 0.200. The van der Waals surface area contributed by atoms with E-state index in [2.05, 4.69) is 53.0 Å². The summed E-state index contributed by atoms with van der Waals surface area (Å²) in [5, 5.41) is 0. The highest BCUT2D eigenvalue weighted by atomic mass is 16.5. The lowest BCUT2D eigenvalue weighted by molar-refractivity contribution is -0.121. The molecular formula is C30H42O3. The van der Waals surface area contributed by atoms with Crippen LogP contribution in [0.2, 0.25) is 0 Å². The predicted octanol–water partition coefficient (Wildman–Crippen LogP) is 6.80. The molecule has 0 radical (unpaired) electrons. The maximum Gasteiger partial charge on any atom is 0.161 e. The van der Waals surface area contributed by atoms with E-state index in [4.69, 9.17) is 4.74 Å². The largest absolute Gasteiger partial charge is 0.372 e. The van der Waals surface area contributed by atoms with Gasteiger partial charge in [0.15, 0.2) is 11.6 Å². The second-order valence-electron chi connectivity index (χ2n) is 12.4. The van der Waals surface area contributed by atoms with Crippen LogP contribution in [0.3, 0.4) is 0 Å². The van der Waals surface area contributed by atoms with Gasteiger partial charge in [-0.3, -0.25) is 9.59 Å². The van der Waals surface area contributed by atoms with Crippen LogP contribution in [0, 0.1) is 34.5 Å². The highest BCUT2D eigenvalue weighted by molar-refractivity contribution is 5.96. The van der Waals surface area contributed by atoms with Gasteiger partial charge in [0.05, 0.1) is 13.2 Å². The minimum Gasteiger partial charge on any atom is -0.372 e. The molecule has 0 aliphatic heterocycles. The zero-order valence-corrected chi connectivity index (χ0v) is 21.2. The van der Waals surface area contributed by atoms with Crippen molar-refractivity contribution in [2.24, 2.45) is 34.5 Å². The lowest BCUT2D eigenvalue weighted by Crippen LogP contribution is -2.45. The number of Topliss-reactive ketones (excluding diaryl/α,β-unsaturated/α-hetero) is 2.